The van der Waals surface area contributed by atoms with Gasteiger partial charge in [0.15, 0.2) is 5.96 Å². The van der Waals surface area contributed by atoms with Gasteiger partial charge in [-0.25, -0.2) is 0 Å². The zero-order valence-corrected chi connectivity index (χ0v) is 10.4. The molecule has 1 aliphatic rings. The second kappa shape index (κ2) is 5.35. The normalized spacial score (nSPS) is 17.3. The Labute approximate surface area is 93.1 Å². The predicted molar refractivity (Wildman–Crippen MR) is 65.3 cm³/mol. The van der Waals surface area contributed by atoms with Crippen molar-refractivity contribution in [3.8, 4) is 0 Å². The van der Waals surface area contributed by atoms with E-state index in [4.69, 9.17) is 0 Å². The van der Waals surface area contributed by atoms with Crippen molar-refractivity contribution in [1.82, 2.24) is 15.5 Å². The molecule has 1 rings (SSSR count). The molecule has 0 spiro atoms. The Balaban J connectivity index is 2.31. The van der Waals surface area contributed by atoms with Crippen LogP contribution in [0.3, 0.4) is 0 Å². The first-order valence-electron chi connectivity index (χ1n) is 5.66. The molecule has 1 aliphatic heterocycles. The van der Waals surface area contributed by atoms with E-state index in [9.17, 15) is 0 Å². The summed E-state index contributed by atoms with van der Waals surface area (Å²) in [7, 11) is 4.22. The van der Waals surface area contributed by atoms with Crippen molar-refractivity contribution in [3.05, 3.63) is 0 Å². The van der Waals surface area contributed by atoms with E-state index in [0.717, 1.165) is 38.6 Å². The molecule has 1 heterocycles. The fourth-order valence-electron chi connectivity index (χ4n) is 1.89. The number of hydrogen-bond donors (Lipinski definition) is 2. The minimum absolute atomic E-state index is 0.269. The molecule has 0 radical (unpaired) electrons. The molecule has 0 aliphatic carbocycles. The summed E-state index contributed by atoms with van der Waals surface area (Å²) >= 11 is 0. The van der Waals surface area contributed by atoms with E-state index in [0.29, 0.717) is 0 Å². The summed E-state index contributed by atoms with van der Waals surface area (Å²) in [6.45, 7) is 8.56. The van der Waals surface area contributed by atoms with Crippen LogP contribution >= 0.6 is 0 Å². The van der Waals surface area contributed by atoms with Crippen LogP contribution in [0.4, 0.5) is 0 Å². The molecule has 0 unspecified atom stereocenters. The van der Waals surface area contributed by atoms with Gasteiger partial charge in [0.1, 0.15) is 0 Å². The Hall–Kier alpha value is -0.770. The third-order valence-corrected chi connectivity index (χ3v) is 2.38. The lowest BCUT2D eigenvalue weighted by molar-refractivity contribution is 0.241. The van der Waals surface area contributed by atoms with Crippen LogP contribution in [0, 0.1) is 5.41 Å². The van der Waals surface area contributed by atoms with Gasteiger partial charge in [0.2, 0.25) is 0 Å². The van der Waals surface area contributed by atoms with Gasteiger partial charge in [-0.1, -0.05) is 13.8 Å². The molecule has 2 N–H and O–H groups in total. The Bertz CT molecular complexity index is 221. The van der Waals surface area contributed by atoms with Gasteiger partial charge in [0.05, 0.1) is 0 Å². The maximum absolute atomic E-state index is 4.39. The van der Waals surface area contributed by atoms with Crippen LogP contribution in [0.25, 0.3) is 0 Å². The molecular weight excluding hydrogens is 188 g/mol. The van der Waals surface area contributed by atoms with Crippen LogP contribution in [0.15, 0.2) is 4.99 Å². The predicted octanol–water partition coefficient (Wildman–Crippen LogP) is 0.513. The molecule has 0 atom stereocenters. The number of aliphatic imine (C=N–C) groups is 1. The lowest BCUT2D eigenvalue weighted by atomic mass is 9.93. The van der Waals surface area contributed by atoms with Gasteiger partial charge in [-0.15, -0.1) is 0 Å². The SMILES string of the molecule is CN(C)CC(C)(C)CNC1=NCCCN1. The highest BCUT2D eigenvalue weighted by Crippen LogP contribution is 2.13. The molecule has 88 valence electrons. The summed E-state index contributed by atoms with van der Waals surface area (Å²) in [6.07, 6.45) is 1.15. The van der Waals surface area contributed by atoms with Crippen molar-refractivity contribution in [2.24, 2.45) is 10.4 Å². The minimum Gasteiger partial charge on any atom is -0.356 e. The summed E-state index contributed by atoms with van der Waals surface area (Å²) in [4.78, 5) is 6.61. The number of nitrogens with one attached hydrogen (secondary N) is 2. The van der Waals surface area contributed by atoms with Crippen LogP contribution in [-0.2, 0) is 0 Å². The molecule has 4 nitrogen and oxygen atoms in total. The van der Waals surface area contributed by atoms with Crippen LogP contribution in [0.1, 0.15) is 20.3 Å². The van der Waals surface area contributed by atoms with Crippen LogP contribution < -0.4 is 10.6 Å². The molecule has 0 saturated heterocycles. The molecular formula is C11H24N4. The van der Waals surface area contributed by atoms with Crippen LogP contribution in [0.2, 0.25) is 0 Å². The molecule has 0 amide bonds. The zero-order chi connectivity index (χ0) is 11.3. The fourth-order valence-corrected chi connectivity index (χ4v) is 1.89. The van der Waals surface area contributed by atoms with Gasteiger partial charge in [0.25, 0.3) is 0 Å². The average Bonchev–Trinajstić information content (AvgIpc) is 2.15. The minimum atomic E-state index is 0.269. The summed E-state index contributed by atoms with van der Waals surface area (Å²) in [5.41, 5.74) is 0.269. The van der Waals surface area contributed by atoms with E-state index in [1.807, 2.05) is 0 Å². The van der Waals surface area contributed by atoms with Gasteiger partial charge in [0, 0.05) is 26.2 Å². The molecule has 15 heavy (non-hydrogen) atoms. The van der Waals surface area contributed by atoms with E-state index < -0.39 is 0 Å². The average molecular weight is 212 g/mol. The number of guanidine groups is 1. The van der Waals surface area contributed by atoms with Crippen molar-refractivity contribution in [2.75, 3.05) is 40.3 Å². The van der Waals surface area contributed by atoms with Gasteiger partial charge < -0.3 is 15.5 Å². The molecule has 0 saturated carbocycles. The monoisotopic (exact) mass is 212 g/mol. The van der Waals surface area contributed by atoms with Crippen molar-refractivity contribution in [1.29, 1.82) is 0 Å². The maximum Gasteiger partial charge on any atom is 0.191 e. The quantitative estimate of drug-likeness (QED) is 0.713. The van der Waals surface area contributed by atoms with Gasteiger partial charge >= 0.3 is 0 Å². The first-order valence-corrected chi connectivity index (χ1v) is 5.66. The first kappa shape index (κ1) is 12.3. The van der Waals surface area contributed by atoms with Crippen molar-refractivity contribution in [3.63, 3.8) is 0 Å². The second-order valence-corrected chi connectivity index (χ2v) is 5.27. The Kier molecular flexibility index (Phi) is 4.39. The van der Waals surface area contributed by atoms with Gasteiger partial charge in [-0.2, -0.15) is 0 Å². The van der Waals surface area contributed by atoms with Crippen molar-refractivity contribution >= 4 is 5.96 Å². The molecule has 4 heteroatoms. The number of rotatable bonds is 4. The summed E-state index contributed by atoms with van der Waals surface area (Å²) in [6, 6.07) is 0. The Morgan fingerprint density at radius 1 is 1.47 bits per heavy atom. The largest absolute Gasteiger partial charge is 0.356 e. The highest BCUT2D eigenvalue weighted by molar-refractivity contribution is 5.80. The van der Waals surface area contributed by atoms with E-state index in [-0.39, 0.29) is 5.41 Å². The zero-order valence-electron chi connectivity index (χ0n) is 10.4. The summed E-state index contributed by atoms with van der Waals surface area (Å²) < 4.78 is 0. The Morgan fingerprint density at radius 2 is 2.20 bits per heavy atom. The first-order chi connectivity index (χ1) is 6.99. The molecule has 0 aromatic heterocycles. The molecule has 0 bridgehead atoms. The van der Waals surface area contributed by atoms with Gasteiger partial charge in [-0.05, 0) is 25.9 Å². The molecule has 0 fully saturated rings. The van der Waals surface area contributed by atoms with Crippen LogP contribution in [0.5, 0.6) is 0 Å². The van der Waals surface area contributed by atoms with E-state index in [1.165, 1.54) is 0 Å². The standard InChI is InChI=1S/C11H24N4/c1-11(2,9-15(3)4)8-14-10-12-6-5-7-13-10/h5-9H2,1-4H3,(H2,12,13,14). The van der Waals surface area contributed by atoms with E-state index >= 15 is 0 Å². The second-order valence-electron chi connectivity index (χ2n) is 5.27. The lowest BCUT2D eigenvalue weighted by Crippen LogP contribution is -2.46. The fraction of sp³-hybridized carbons (Fsp3) is 0.909. The highest BCUT2D eigenvalue weighted by atomic mass is 15.2. The molecule has 0 aromatic carbocycles. The lowest BCUT2D eigenvalue weighted by Gasteiger charge is -2.29. The Morgan fingerprint density at radius 3 is 2.73 bits per heavy atom. The maximum atomic E-state index is 4.39. The summed E-state index contributed by atoms with van der Waals surface area (Å²) in [5.74, 6) is 0.966. The van der Waals surface area contributed by atoms with Crippen molar-refractivity contribution in [2.45, 2.75) is 20.3 Å². The van der Waals surface area contributed by atoms with Gasteiger partial charge in [-0.3, -0.25) is 4.99 Å². The topological polar surface area (TPSA) is 39.7 Å². The van der Waals surface area contributed by atoms with Crippen molar-refractivity contribution < 1.29 is 0 Å². The third-order valence-electron chi connectivity index (χ3n) is 2.38. The number of hydrogen-bond acceptors (Lipinski definition) is 4. The summed E-state index contributed by atoms with van der Waals surface area (Å²) in [5, 5.41) is 6.65. The van der Waals surface area contributed by atoms with E-state index in [1.54, 1.807) is 0 Å². The smallest absolute Gasteiger partial charge is 0.191 e. The van der Waals surface area contributed by atoms with Crippen LogP contribution in [-0.4, -0.2) is 51.1 Å². The number of nitrogens with zero attached hydrogens (tertiary/aromatic N) is 2. The van der Waals surface area contributed by atoms with E-state index in [2.05, 4.69) is 48.5 Å². The molecule has 0 aromatic rings. The highest BCUT2D eigenvalue weighted by Gasteiger charge is 2.19. The third kappa shape index (κ3) is 5.02.